The topological polar surface area (TPSA) is 175 Å². The van der Waals surface area contributed by atoms with Crippen LogP contribution in [0, 0.1) is 0 Å². The Labute approximate surface area is 444 Å². The van der Waals surface area contributed by atoms with Crippen LogP contribution >= 0.6 is 0 Å². The van der Waals surface area contributed by atoms with E-state index in [0.717, 1.165) is 65.3 Å². The molecule has 8 rings (SSSR count). The molecule has 0 aliphatic carbocycles. The SMILES string of the molecule is CC(C)(C)NC(=O)C(Cc1cccc2ccccc12)NC(=O)C(Cc1cccc2ccccc12)NC(=O)CCC(=O)NC(Cc1cccc2ccccc12)C(=O)NC(Cc1cccc2ccccc12)C(=O)NC(C)(C)C. The average Bonchev–Trinajstić information content (AvgIpc) is 3.41. The molecule has 8 aromatic rings. The lowest BCUT2D eigenvalue weighted by Gasteiger charge is -2.28. The quantitative estimate of drug-likeness (QED) is 0.0471. The maximum absolute atomic E-state index is 14.7. The highest BCUT2D eigenvalue weighted by Crippen LogP contribution is 2.25. The number of rotatable bonds is 19. The van der Waals surface area contributed by atoms with Crippen LogP contribution in [0.5, 0.6) is 0 Å². The van der Waals surface area contributed by atoms with E-state index in [1.165, 1.54) is 0 Å². The van der Waals surface area contributed by atoms with E-state index in [4.69, 9.17) is 0 Å². The fourth-order valence-electron chi connectivity index (χ4n) is 9.82. The molecule has 0 radical (unpaired) electrons. The maximum atomic E-state index is 14.7. The number of hydrogen-bond acceptors (Lipinski definition) is 6. The number of amides is 6. The highest BCUT2D eigenvalue weighted by Gasteiger charge is 2.32. The largest absolute Gasteiger partial charge is 0.350 e. The van der Waals surface area contributed by atoms with Gasteiger partial charge in [-0.25, -0.2) is 0 Å². The fraction of sp³-hybridized carbons (Fsp3) is 0.281. The minimum atomic E-state index is -1.15. The Kier molecular flexibility index (Phi) is 16.9. The molecule has 12 heteroatoms. The molecule has 0 bridgehead atoms. The summed E-state index contributed by atoms with van der Waals surface area (Å²) in [5, 5.41) is 25.5. The van der Waals surface area contributed by atoms with Crippen LogP contribution in [0.4, 0.5) is 0 Å². The molecule has 76 heavy (non-hydrogen) atoms. The van der Waals surface area contributed by atoms with Gasteiger partial charge in [0.1, 0.15) is 24.2 Å². The van der Waals surface area contributed by atoms with Crippen molar-refractivity contribution in [1.29, 1.82) is 0 Å². The molecule has 8 aromatic carbocycles. The molecule has 4 unspecified atom stereocenters. The van der Waals surface area contributed by atoms with E-state index < -0.39 is 58.9 Å². The maximum Gasteiger partial charge on any atom is 0.243 e. The van der Waals surface area contributed by atoms with Gasteiger partial charge < -0.3 is 31.9 Å². The Hall–Kier alpha value is -8.38. The van der Waals surface area contributed by atoms with Crippen molar-refractivity contribution in [3.05, 3.63) is 192 Å². The molecule has 12 nitrogen and oxygen atoms in total. The molecule has 390 valence electrons. The average molecular weight is 1020 g/mol. The van der Waals surface area contributed by atoms with Crippen molar-refractivity contribution in [2.75, 3.05) is 0 Å². The van der Waals surface area contributed by atoms with Crippen LogP contribution in [-0.2, 0) is 54.5 Å². The van der Waals surface area contributed by atoms with Gasteiger partial charge in [0.25, 0.3) is 0 Å². The van der Waals surface area contributed by atoms with Crippen molar-refractivity contribution in [2.45, 2.75) is 115 Å². The summed E-state index contributed by atoms with van der Waals surface area (Å²) < 4.78 is 0. The van der Waals surface area contributed by atoms with Crippen molar-refractivity contribution in [1.82, 2.24) is 31.9 Å². The van der Waals surface area contributed by atoms with Crippen LogP contribution in [0.25, 0.3) is 43.1 Å². The Morgan fingerprint density at radius 1 is 0.316 bits per heavy atom. The van der Waals surface area contributed by atoms with E-state index in [2.05, 4.69) is 31.9 Å². The molecule has 6 N–H and O–H groups in total. The van der Waals surface area contributed by atoms with E-state index in [-0.39, 0.29) is 50.3 Å². The summed E-state index contributed by atoms with van der Waals surface area (Å²) in [6.45, 7) is 11.2. The lowest BCUT2D eigenvalue weighted by atomic mass is 9.96. The zero-order valence-electron chi connectivity index (χ0n) is 44.2. The van der Waals surface area contributed by atoms with Gasteiger partial charge in [-0.3, -0.25) is 28.8 Å². The Bertz CT molecular complexity index is 3180. The van der Waals surface area contributed by atoms with Crippen molar-refractivity contribution >= 4 is 78.5 Å². The van der Waals surface area contributed by atoms with Crippen molar-refractivity contribution < 1.29 is 28.8 Å². The van der Waals surface area contributed by atoms with Gasteiger partial charge >= 0.3 is 0 Å². The zero-order chi connectivity index (χ0) is 54.0. The second-order valence-corrected chi connectivity index (χ2v) is 21.7. The van der Waals surface area contributed by atoms with E-state index in [9.17, 15) is 28.8 Å². The number of hydrogen-bond donors (Lipinski definition) is 6. The molecule has 0 fully saturated rings. The van der Waals surface area contributed by atoms with Crippen LogP contribution in [0.3, 0.4) is 0 Å². The molecule has 0 saturated carbocycles. The lowest BCUT2D eigenvalue weighted by Crippen LogP contribution is -2.57. The Morgan fingerprint density at radius 3 is 0.816 bits per heavy atom. The predicted octanol–water partition coefficient (Wildman–Crippen LogP) is 9.12. The second-order valence-electron chi connectivity index (χ2n) is 21.7. The van der Waals surface area contributed by atoms with Crippen LogP contribution in [0.2, 0.25) is 0 Å². The number of carbonyl (C=O) groups is 6. The first-order valence-electron chi connectivity index (χ1n) is 26.1. The first-order chi connectivity index (χ1) is 36.4. The standard InChI is InChI=1S/C64H68N6O6/c1-63(2,3)69-61(75)55(39-47-29-17-25-43-21-9-13-33-51(43)47)67-59(73)53(37-45-27-15-23-41-19-7-11-31-49(41)45)65-57(71)35-36-58(72)66-54(38-46-28-16-24-42-20-8-12-32-50(42)46)60(74)68-56(62(76)70-64(4,5)6)40-48-30-18-26-44-22-10-14-34-52(44)48/h7-34,53-56H,35-40H2,1-6H3,(H,65,71)(H,66,72)(H,67,73)(H,68,74)(H,69,75)(H,70,76). The van der Waals surface area contributed by atoms with Crippen LogP contribution in [0.1, 0.15) is 76.6 Å². The number of carbonyl (C=O) groups excluding carboxylic acids is 6. The van der Waals surface area contributed by atoms with Crippen LogP contribution in [-0.4, -0.2) is 70.7 Å². The first kappa shape index (κ1) is 53.9. The van der Waals surface area contributed by atoms with Gasteiger partial charge in [0.15, 0.2) is 0 Å². The van der Waals surface area contributed by atoms with Gasteiger partial charge in [-0.1, -0.05) is 170 Å². The summed E-state index contributed by atoms with van der Waals surface area (Å²) in [5.41, 5.74) is 2.13. The predicted molar refractivity (Wildman–Crippen MR) is 303 cm³/mol. The van der Waals surface area contributed by atoms with Crippen LogP contribution < -0.4 is 31.9 Å². The molecule has 4 atom stereocenters. The first-order valence-corrected chi connectivity index (χ1v) is 26.1. The van der Waals surface area contributed by atoms with E-state index >= 15 is 0 Å². The van der Waals surface area contributed by atoms with E-state index in [1.54, 1.807) is 0 Å². The molecule has 0 saturated heterocycles. The summed E-state index contributed by atoms with van der Waals surface area (Å²) in [5.74, 6) is -3.05. The molecule has 6 amide bonds. The molecule has 0 aliphatic rings. The normalized spacial score (nSPS) is 13.3. The molecule has 0 heterocycles. The summed E-state index contributed by atoms with van der Waals surface area (Å²) in [7, 11) is 0. The minimum absolute atomic E-state index is 0.0863. The summed E-state index contributed by atoms with van der Waals surface area (Å²) in [6.07, 6.45) is -0.109. The fourth-order valence-corrected chi connectivity index (χ4v) is 9.82. The Balaban J connectivity index is 1.03. The smallest absolute Gasteiger partial charge is 0.243 e. The van der Waals surface area contributed by atoms with Gasteiger partial charge in [0.2, 0.25) is 35.4 Å². The number of benzene rings is 8. The van der Waals surface area contributed by atoms with Gasteiger partial charge in [0.05, 0.1) is 0 Å². The highest BCUT2D eigenvalue weighted by atomic mass is 16.2. The van der Waals surface area contributed by atoms with Gasteiger partial charge in [0, 0.05) is 49.6 Å². The van der Waals surface area contributed by atoms with Crippen molar-refractivity contribution in [2.24, 2.45) is 0 Å². The third-order valence-corrected chi connectivity index (χ3v) is 13.4. The molecule has 0 aromatic heterocycles. The number of nitrogens with one attached hydrogen (secondary N) is 6. The zero-order valence-corrected chi connectivity index (χ0v) is 44.2. The molecule has 0 spiro atoms. The van der Waals surface area contributed by atoms with Crippen molar-refractivity contribution in [3.8, 4) is 0 Å². The third kappa shape index (κ3) is 14.3. The summed E-state index contributed by atoms with van der Waals surface area (Å²) >= 11 is 0. The van der Waals surface area contributed by atoms with E-state index in [1.807, 2.05) is 211 Å². The van der Waals surface area contributed by atoms with Gasteiger partial charge in [-0.05, 0) is 107 Å². The summed E-state index contributed by atoms with van der Waals surface area (Å²) in [4.78, 5) is 85.9. The lowest BCUT2D eigenvalue weighted by molar-refractivity contribution is -0.133. The molecular formula is C64H68N6O6. The van der Waals surface area contributed by atoms with Gasteiger partial charge in [-0.2, -0.15) is 0 Å². The summed E-state index contributed by atoms with van der Waals surface area (Å²) in [6, 6.07) is 50.2. The molecule has 0 aliphatic heterocycles. The van der Waals surface area contributed by atoms with Crippen LogP contribution in [0.15, 0.2) is 170 Å². The number of fused-ring (bicyclic) bond motifs is 4. The van der Waals surface area contributed by atoms with Crippen molar-refractivity contribution in [3.63, 3.8) is 0 Å². The minimum Gasteiger partial charge on any atom is -0.350 e. The second kappa shape index (κ2) is 23.9. The highest BCUT2D eigenvalue weighted by molar-refractivity contribution is 5.97. The molecular weight excluding hydrogens is 949 g/mol. The van der Waals surface area contributed by atoms with E-state index in [0.29, 0.717) is 0 Å². The third-order valence-electron chi connectivity index (χ3n) is 13.4. The monoisotopic (exact) mass is 1020 g/mol. The van der Waals surface area contributed by atoms with Gasteiger partial charge in [-0.15, -0.1) is 0 Å². The Morgan fingerprint density at radius 2 is 0.553 bits per heavy atom.